The van der Waals surface area contributed by atoms with Crippen LogP contribution in [0, 0.1) is 11.6 Å². The normalized spacial score (nSPS) is 11.3. The molecule has 7 heteroatoms. The van der Waals surface area contributed by atoms with Gasteiger partial charge in [-0.05, 0) is 56.2 Å². The summed E-state index contributed by atoms with van der Waals surface area (Å²) in [7, 11) is 0. The first-order valence-corrected chi connectivity index (χ1v) is 9.68. The molecular weight excluding hydrogens is 410 g/mol. The smallest absolute Gasteiger partial charge is 0.256 e. The van der Waals surface area contributed by atoms with Gasteiger partial charge in [0.1, 0.15) is 17.2 Å². The number of aromatic nitrogens is 1. The third kappa shape index (κ3) is 5.13. The van der Waals surface area contributed by atoms with Crippen LogP contribution in [0.5, 0.6) is 5.88 Å². The van der Waals surface area contributed by atoms with Crippen molar-refractivity contribution in [3.63, 3.8) is 0 Å². The average molecular weight is 431 g/mol. The number of rotatable bonds is 5. The zero-order chi connectivity index (χ0) is 21.9. The number of nitrogens with zero attached hydrogens (tertiary/aromatic N) is 1. The first kappa shape index (κ1) is 21.7. The summed E-state index contributed by atoms with van der Waals surface area (Å²) < 4.78 is 33.3. The molecule has 4 nitrogen and oxygen atoms in total. The number of carbonyl (C=O) groups is 1. The van der Waals surface area contributed by atoms with Gasteiger partial charge in [0.15, 0.2) is 0 Å². The van der Waals surface area contributed by atoms with Crippen molar-refractivity contribution in [2.75, 3.05) is 0 Å². The van der Waals surface area contributed by atoms with E-state index < -0.39 is 28.1 Å². The van der Waals surface area contributed by atoms with E-state index in [1.54, 1.807) is 6.20 Å². The average Bonchev–Trinajstić information content (AvgIpc) is 2.69. The number of pyridine rings is 1. The van der Waals surface area contributed by atoms with Crippen LogP contribution in [-0.2, 0) is 6.54 Å². The van der Waals surface area contributed by atoms with Gasteiger partial charge in [0.05, 0.1) is 10.6 Å². The fourth-order valence-electron chi connectivity index (χ4n) is 2.79. The maximum atomic E-state index is 13.9. The number of halogens is 3. The molecule has 2 aromatic carbocycles. The Morgan fingerprint density at radius 3 is 2.40 bits per heavy atom. The number of hydrogen-bond acceptors (Lipinski definition) is 3. The van der Waals surface area contributed by atoms with E-state index in [1.807, 2.05) is 57.2 Å². The number of ether oxygens (including phenoxy) is 1. The van der Waals surface area contributed by atoms with E-state index >= 15 is 0 Å². The van der Waals surface area contributed by atoms with Gasteiger partial charge < -0.3 is 10.1 Å². The minimum Gasteiger partial charge on any atom is -0.471 e. The van der Waals surface area contributed by atoms with Crippen LogP contribution < -0.4 is 10.1 Å². The molecule has 30 heavy (non-hydrogen) atoms. The van der Waals surface area contributed by atoms with E-state index in [-0.39, 0.29) is 12.1 Å². The molecule has 0 radical (unpaired) electrons. The molecule has 0 atom stereocenters. The van der Waals surface area contributed by atoms with E-state index in [1.165, 1.54) is 0 Å². The van der Waals surface area contributed by atoms with Gasteiger partial charge >= 0.3 is 0 Å². The van der Waals surface area contributed by atoms with Gasteiger partial charge in [0, 0.05) is 18.3 Å². The Hall–Kier alpha value is -2.99. The summed E-state index contributed by atoms with van der Waals surface area (Å²) in [6.45, 7) is 5.98. The lowest BCUT2D eigenvalue weighted by atomic mass is 10.0. The van der Waals surface area contributed by atoms with Gasteiger partial charge in [-0.25, -0.2) is 13.8 Å². The second-order valence-electron chi connectivity index (χ2n) is 7.67. The molecule has 0 unspecified atom stereocenters. The Kier molecular flexibility index (Phi) is 6.37. The first-order chi connectivity index (χ1) is 14.2. The molecule has 0 aliphatic heterocycles. The molecule has 1 amide bonds. The molecule has 1 N–H and O–H groups in total. The fraction of sp³-hybridized carbons (Fsp3) is 0.217. The number of hydrogen-bond donors (Lipinski definition) is 1. The van der Waals surface area contributed by atoms with Crippen LogP contribution in [0.25, 0.3) is 11.1 Å². The molecule has 3 rings (SSSR count). The van der Waals surface area contributed by atoms with Crippen LogP contribution in [0.3, 0.4) is 0 Å². The van der Waals surface area contributed by atoms with Crippen LogP contribution in [-0.4, -0.2) is 16.5 Å². The molecule has 1 aromatic heterocycles. The summed E-state index contributed by atoms with van der Waals surface area (Å²) in [5.41, 5.74) is 1.63. The highest BCUT2D eigenvalue weighted by Crippen LogP contribution is 2.30. The summed E-state index contributed by atoms with van der Waals surface area (Å²) in [6.07, 6.45) is 1.67. The Balaban J connectivity index is 1.74. The Morgan fingerprint density at radius 1 is 1.07 bits per heavy atom. The molecule has 0 spiro atoms. The largest absolute Gasteiger partial charge is 0.471 e. The molecule has 0 fully saturated rings. The van der Waals surface area contributed by atoms with Crippen molar-refractivity contribution < 1.29 is 18.3 Å². The lowest BCUT2D eigenvalue weighted by Gasteiger charge is -2.22. The summed E-state index contributed by atoms with van der Waals surface area (Å²) in [5.74, 6) is -1.98. The van der Waals surface area contributed by atoms with E-state index in [9.17, 15) is 13.6 Å². The molecular formula is C23H21ClF2N2O2. The monoisotopic (exact) mass is 430 g/mol. The molecule has 156 valence electrons. The molecule has 0 saturated carbocycles. The van der Waals surface area contributed by atoms with Crippen molar-refractivity contribution >= 4 is 17.5 Å². The van der Waals surface area contributed by atoms with Crippen molar-refractivity contribution in [3.05, 3.63) is 82.5 Å². The van der Waals surface area contributed by atoms with Crippen molar-refractivity contribution in [1.29, 1.82) is 0 Å². The van der Waals surface area contributed by atoms with Gasteiger partial charge in [0.25, 0.3) is 5.91 Å². The molecule has 0 aliphatic rings. The van der Waals surface area contributed by atoms with Gasteiger partial charge in [-0.15, -0.1) is 0 Å². The molecule has 3 aromatic rings. The zero-order valence-corrected chi connectivity index (χ0v) is 17.6. The second-order valence-corrected chi connectivity index (χ2v) is 8.05. The van der Waals surface area contributed by atoms with Crippen molar-refractivity contribution in [2.45, 2.75) is 32.9 Å². The Labute approximate surface area is 178 Å². The van der Waals surface area contributed by atoms with Gasteiger partial charge in [-0.1, -0.05) is 35.9 Å². The van der Waals surface area contributed by atoms with E-state index in [0.29, 0.717) is 5.88 Å². The molecule has 0 aliphatic carbocycles. The minimum absolute atomic E-state index is 0.129. The van der Waals surface area contributed by atoms with Crippen LogP contribution in [0.1, 0.15) is 36.7 Å². The topological polar surface area (TPSA) is 51.2 Å². The fourth-order valence-corrected chi connectivity index (χ4v) is 3.03. The standard InChI is InChI=1S/C23H21ClF2N2O2/c1-23(2,3)30-22-16(5-4-12-27-22)15-8-6-14(7-9-15)13-28-21(29)19-17(25)10-11-18(26)20(19)24/h4-12H,13H2,1-3H3,(H,28,29). The van der Waals surface area contributed by atoms with E-state index in [2.05, 4.69) is 10.3 Å². The molecule has 1 heterocycles. The highest BCUT2D eigenvalue weighted by molar-refractivity contribution is 6.34. The van der Waals surface area contributed by atoms with E-state index in [0.717, 1.165) is 28.8 Å². The summed E-state index contributed by atoms with van der Waals surface area (Å²) in [5, 5.41) is 2.02. The van der Waals surface area contributed by atoms with E-state index in [4.69, 9.17) is 16.3 Å². The third-order valence-corrected chi connectivity index (χ3v) is 4.53. The first-order valence-electron chi connectivity index (χ1n) is 9.31. The predicted octanol–water partition coefficient (Wildman–Crippen LogP) is 5.79. The third-order valence-electron chi connectivity index (χ3n) is 4.16. The number of benzene rings is 2. The maximum absolute atomic E-state index is 13.9. The predicted molar refractivity (Wildman–Crippen MR) is 113 cm³/mol. The zero-order valence-electron chi connectivity index (χ0n) is 16.8. The summed E-state index contributed by atoms with van der Waals surface area (Å²) in [4.78, 5) is 16.6. The van der Waals surface area contributed by atoms with Gasteiger partial charge in [0.2, 0.25) is 5.88 Å². The quantitative estimate of drug-likeness (QED) is 0.521. The molecule has 0 bridgehead atoms. The van der Waals surface area contributed by atoms with Crippen molar-refractivity contribution in [1.82, 2.24) is 10.3 Å². The summed E-state index contributed by atoms with van der Waals surface area (Å²) in [6, 6.07) is 12.9. The lowest BCUT2D eigenvalue weighted by molar-refractivity contribution is 0.0946. The summed E-state index contributed by atoms with van der Waals surface area (Å²) >= 11 is 5.73. The van der Waals surface area contributed by atoms with Crippen LogP contribution >= 0.6 is 11.6 Å². The van der Waals surface area contributed by atoms with Crippen molar-refractivity contribution in [2.24, 2.45) is 0 Å². The minimum atomic E-state index is -0.878. The maximum Gasteiger partial charge on any atom is 0.256 e. The van der Waals surface area contributed by atoms with Gasteiger partial charge in [-0.3, -0.25) is 4.79 Å². The number of carbonyl (C=O) groups excluding carboxylic acids is 1. The second kappa shape index (κ2) is 8.79. The number of nitrogens with one attached hydrogen (secondary N) is 1. The highest BCUT2D eigenvalue weighted by atomic mass is 35.5. The highest BCUT2D eigenvalue weighted by Gasteiger charge is 2.19. The van der Waals surface area contributed by atoms with Crippen molar-refractivity contribution in [3.8, 4) is 17.0 Å². The number of amides is 1. The lowest BCUT2D eigenvalue weighted by Crippen LogP contribution is -2.24. The SMILES string of the molecule is CC(C)(C)Oc1ncccc1-c1ccc(CNC(=O)c2c(F)ccc(F)c2Cl)cc1. The van der Waals surface area contributed by atoms with Crippen LogP contribution in [0.2, 0.25) is 5.02 Å². The molecule has 0 saturated heterocycles. The van der Waals surface area contributed by atoms with Gasteiger partial charge in [-0.2, -0.15) is 0 Å². The van der Waals surface area contributed by atoms with Crippen LogP contribution in [0.4, 0.5) is 8.78 Å². The Bertz CT molecular complexity index is 1060. The van der Waals surface area contributed by atoms with Crippen LogP contribution in [0.15, 0.2) is 54.7 Å². The Morgan fingerprint density at radius 2 is 1.73 bits per heavy atom.